The van der Waals surface area contributed by atoms with Crippen LogP contribution < -0.4 is 9.80 Å². The molecule has 0 bridgehead atoms. The summed E-state index contributed by atoms with van der Waals surface area (Å²) in [5.74, 6) is 0.596. The van der Waals surface area contributed by atoms with Crippen LogP contribution in [0.15, 0.2) is 260 Å². The van der Waals surface area contributed by atoms with Crippen LogP contribution in [0.25, 0.3) is 65.4 Å². The largest absolute Gasteiger partial charge is 0.454 e. The van der Waals surface area contributed by atoms with Crippen LogP contribution in [-0.4, -0.2) is 0 Å². The number of para-hydroxylation sites is 4. The second kappa shape index (κ2) is 15.6. The van der Waals surface area contributed by atoms with Crippen LogP contribution >= 0.6 is 0 Å². The average Bonchev–Trinajstić information content (AvgIpc) is 3.98. The van der Waals surface area contributed by atoms with Gasteiger partial charge in [-0.1, -0.05) is 185 Å². The minimum Gasteiger partial charge on any atom is -0.454 e. The van der Waals surface area contributed by atoms with E-state index in [1.54, 1.807) is 0 Å². The zero-order valence-electron chi connectivity index (χ0n) is 39.7. The Labute approximate surface area is 407 Å². The third-order valence-electron chi connectivity index (χ3n) is 15.4. The number of anilines is 4. The predicted molar refractivity (Wildman–Crippen MR) is 292 cm³/mol. The highest BCUT2D eigenvalue weighted by Gasteiger charge is 2.46. The molecular weight excluding hydrogens is 853 g/mol. The van der Waals surface area contributed by atoms with Gasteiger partial charge in [0.15, 0.2) is 11.2 Å². The Morgan fingerprint density at radius 1 is 0.400 bits per heavy atom. The molecule has 0 spiro atoms. The first-order valence-electron chi connectivity index (χ1n) is 24.8. The van der Waals surface area contributed by atoms with Crippen molar-refractivity contribution in [2.45, 2.75) is 27.7 Å². The van der Waals surface area contributed by atoms with Gasteiger partial charge in [0.2, 0.25) is 0 Å². The number of allylic oxidation sites excluding steroid dienone is 12. The summed E-state index contributed by atoms with van der Waals surface area (Å²) in [5, 5.41) is 9.22. The summed E-state index contributed by atoms with van der Waals surface area (Å²) >= 11 is 0. The highest BCUT2D eigenvalue weighted by atomic mass is 16.3. The van der Waals surface area contributed by atoms with Crippen molar-refractivity contribution in [1.29, 1.82) is 0 Å². The molecule has 336 valence electrons. The normalized spacial score (nSPS) is 17.6. The molecule has 0 amide bonds. The molecule has 0 aliphatic heterocycles. The smallest absolute Gasteiger partial charge is 0.159 e. The quantitative estimate of drug-likeness (QED) is 0.152. The molecule has 4 nitrogen and oxygen atoms in total. The SMILES string of the molecule is CC(C)C1=CC(N(c2cccc3ccccc23)c2cccc3c2oc2ccccc23)=C2C=CC3=C(C(C)C)C=C(N(c4cccc5ccccc45)c4cccc5c4oc4ccccc45)C4=CC=C1C2C43. The fourth-order valence-electron chi connectivity index (χ4n) is 12.3. The van der Waals surface area contributed by atoms with Crippen LogP contribution in [0, 0.1) is 23.7 Å². The van der Waals surface area contributed by atoms with Gasteiger partial charge < -0.3 is 18.6 Å². The van der Waals surface area contributed by atoms with Crippen LogP contribution in [-0.2, 0) is 0 Å². The number of benzene rings is 8. The molecule has 14 rings (SSSR count). The van der Waals surface area contributed by atoms with E-state index in [4.69, 9.17) is 8.83 Å². The summed E-state index contributed by atoms with van der Waals surface area (Å²) in [6.07, 6.45) is 14.8. The van der Waals surface area contributed by atoms with Gasteiger partial charge >= 0.3 is 0 Å². The van der Waals surface area contributed by atoms with Gasteiger partial charge in [-0.25, -0.2) is 0 Å². The minimum atomic E-state index is 0.0403. The Morgan fingerprint density at radius 2 is 0.857 bits per heavy atom. The van der Waals surface area contributed by atoms with E-state index in [0.29, 0.717) is 0 Å². The summed E-state index contributed by atoms with van der Waals surface area (Å²) in [6, 6.07) is 61.1. The number of hydrogen-bond donors (Lipinski definition) is 0. The number of furan rings is 2. The van der Waals surface area contributed by atoms with Gasteiger partial charge in [0.05, 0.1) is 34.1 Å². The zero-order valence-corrected chi connectivity index (χ0v) is 39.7. The summed E-state index contributed by atoms with van der Waals surface area (Å²) < 4.78 is 13.9. The molecule has 10 aromatic rings. The van der Waals surface area contributed by atoms with Crippen molar-refractivity contribution < 1.29 is 8.83 Å². The number of nitrogens with zero attached hydrogens (tertiary/aromatic N) is 2. The topological polar surface area (TPSA) is 32.8 Å². The van der Waals surface area contributed by atoms with Crippen molar-refractivity contribution in [3.63, 3.8) is 0 Å². The van der Waals surface area contributed by atoms with Gasteiger partial charge in [0, 0.05) is 44.2 Å². The number of rotatable bonds is 8. The van der Waals surface area contributed by atoms with Gasteiger partial charge in [-0.15, -0.1) is 0 Å². The van der Waals surface area contributed by atoms with Crippen LogP contribution in [0.3, 0.4) is 0 Å². The first-order valence-corrected chi connectivity index (χ1v) is 24.8. The lowest BCUT2D eigenvalue weighted by Gasteiger charge is -2.48. The summed E-state index contributed by atoms with van der Waals surface area (Å²) in [4.78, 5) is 5.04. The fourth-order valence-corrected chi connectivity index (χ4v) is 12.3. The lowest BCUT2D eigenvalue weighted by Crippen LogP contribution is -2.38. The molecule has 0 saturated carbocycles. The van der Waals surface area contributed by atoms with Crippen molar-refractivity contribution >= 4 is 88.2 Å². The van der Waals surface area contributed by atoms with E-state index < -0.39 is 0 Å². The van der Waals surface area contributed by atoms with Crippen LogP contribution in [0.4, 0.5) is 22.7 Å². The summed E-state index contributed by atoms with van der Waals surface area (Å²) in [6.45, 7) is 9.42. The second-order valence-corrected chi connectivity index (χ2v) is 19.9. The van der Waals surface area contributed by atoms with Gasteiger partial charge in [0.25, 0.3) is 0 Å². The minimum absolute atomic E-state index is 0.0403. The molecule has 2 unspecified atom stereocenters. The Balaban J connectivity index is 1.05. The zero-order chi connectivity index (χ0) is 46.8. The first kappa shape index (κ1) is 40.7. The fraction of sp³-hybridized carbons (Fsp3) is 0.121. The lowest BCUT2D eigenvalue weighted by molar-refractivity contribution is 0.522. The van der Waals surface area contributed by atoms with Gasteiger partial charge in [-0.05, 0) is 105 Å². The van der Waals surface area contributed by atoms with E-state index in [1.165, 1.54) is 66.4 Å². The van der Waals surface area contributed by atoms with Crippen LogP contribution in [0.5, 0.6) is 0 Å². The molecule has 2 heterocycles. The summed E-state index contributed by atoms with van der Waals surface area (Å²) in [5.41, 5.74) is 18.3. The maximum Gasteiger partial charge on any atom is 0.159 e. The van der Waals surface area contributed by atoms with Gasteiger partial charge in [-0.2, -0.15) is 0 Å². The number of hydrogen-bond acceptors (Lipinski definition) is 4. The molecule has 4 aliphatic carbocycles. The highest BCUT2D eigenvalue weighted by molar-refractivity contribution is 6.13. The lowest BCUT2D eigenvalue weighted by atomic mass is 9.59. The molecule has 70 heavy (non-hydrogen) atoms. The van der Waals surface area contributed by atoms with Gasteiger partial charge in [-0.3, -0.25) is 0 Å². The monoisotopic (exact) mass is 902 g/mol. The molecule has 2 atom stereocenters. The average molecular weight is 903 g/mol. The van der Waals surface area contributed by atoms with Crippen LogP contribution in [0.2, 0.25) is 0 Å². The molecule has 0 radical (unpaired) electrons. The van der Waals surface area contributed by atoms with E-state index in [-0.39, 0.29) is 23.7 Å². The van der Waals surface area contributed by atoms with Crippen LogP contribution in [0.1, 0.15) is 27.7 Å². The van der Waals surface area contributed by atoms with E-state index in [2.05, 4.69) is 244 Å². The third kappa shape index (κ3) is 5.96. The third-order valence-corrected chi connectivity index (χ3v) is 15.4. The highest BCUT2D eigenvalue weighted by Crippen LogP contribution is 2.59. The predicted octanol–water partition coefficient (Wildman–Crippen LogP) is 18.1. The molecule has 0 N–H and O–H groups in total. The van der Waals surface area contributed by atoms with E-state index in [1.807, 2.05) is 0 Å². The summed E-state index contributed by atoms with van der Waals surface area (Å²) in [7, 11) is 0. The Morgan fingerprint density at radius 3 is 1.46 bits per heavy atom. The van der Waals surface area contributed by atoms with Gasteiger partial charge in [0.1, 0.15) is 11.2 Å². The maximum atomic E-state index is 6.93. The maximum absolute atomic E-state index is 6.93. The van der Waals surface area contributed by atoms with Crippen molar-refractivity contribution in [3.05, 3.63) is 251 Å². The molecule has 0 saturated heterocycles. The van der Waals surface area contributed by atoms with E-state index in [9.17, 15) is 0 Å². The molecule has 0 fully saturated rings. The molecule has 8 aromatic carbocycles. The molecule has 2 aromatic heterocycles. The van der Waals surface area contributed by atoms with Crippen molar-refractivity contribution in [1.82, 2.24) is 0 Å². The van der Waals surface area contributed by atoms with E-state index in [0.717, 1.165) is 66.6 Å². The standard InChI is InChI=1S/C66H50N2O2/c1-39(2)53-37-59(67(55-27-13-19-41-17-5-7-21-43(41)55)57-29-15-25-49-45-23-9-11-31-61(45)69-65(49)57)51-36-34-48-54(40(3)4)38-60(52-35-33-47(53)63(51)64(48)52)68(56-28-14-20-42-18-6-8-22-44(42)56)58-30-16-26-50-46-24-10-12-32-62(46)70-66(50)58/h5-40,63-64H,1-4H3. The number of fused-ring (bicyclic) bond motifs is 8. The first-order chi connectivity index (χ1) is 34.4. The van der Waals surface area contributed by atoms with Crippen molar-refractivity contribution in [3.8, 4) is 0 Å². The molecule has 4 heteroatoms. The molecule has 4 aliphatic rings. The Bertz CT molecular complexity index is 4090. The Kier molecular flexibility index (Phi) is 9.07. The van der Waals surface area contributed by atoms with Crippen molar-refractivity contribution in [2.75, 3.05) is 9.80 Å². The van der Waals surface area contributed by atoms with Crippen molar-refractivity contribution in [2.24, 2.45) is 23.7 Å². The Hall–Kier alpha value is -8.34. The van der Waals surface area contributed by atoms with E-state index >= 15 is 0 Å². The molecular formula is C66H50N2O2. The second-order valence-electron chi connectivity index (χ2n) is 19.9.